The molecule has 6 aromatic rings. The van der Waals surface area contributed by atoms with E-state index in [0.717, 1.165) is 30.7 Å². The number of aryl methyl sites for hydroxylation is 1. The Balaban J connectivity index is 0.879. The fourth-order valence-electron chi connectivity index (χ4n) is 9.01. The van der Waals surface area contributed by atoms with Gasteiger partial charge in [0.1, 0.15) is 54.6 Å². The summed E-state index contributed by atoms with van der Waals surface area (Å²) in [7, 11) is -11.9. The smallest absolute Gasteiger partial charge is 0.387 e. The summed E-state index contributed by atoms with van der Waals surface area (Å²) in [5.41, 5.74) is 15.8. The van der Waals surface area contributed by atoms with Gasteiger partial charge in [0.2, 0.25) is 23.6 Å². The highest BCUT2D eigenvalue weighted by Crippen LogP contribution is 2.68. The normalized spacial score (nSPS) is 29.2. The van der Waals surface area contributed by atoms with E-state index in [2.05, 4.69) is 48.5 Å². The van der Waals surface area contributed by atoms with Crippen LogP contribution in [0, 0.1) is 5.92 Å². The lowest BCUT2D eigenvalue weighted by atomic mass is 9.94. The third-order valence-corrected chi connectivity index (χ3v) is 18.8. The number of nitrogens with zero attached hydrogens (tertiary/aromatic N) is 11. The zero-order valence-corrected chi connectivity index (χ0v) is 46.0. The first-order valence-corrected chi connectivity index (χ1v) is 30.1. The molecule has 39 nitrogen and oxygen atoms in total. The fraction of sp³-hybridized carbons (Fsp3) is 0.556. The van der Waals surface area contributed by atoms with E-state index in [1.54, 1.807) is 0 Å². The van der Waals surface area contributed by atoms with Gasteiger partial charge in [-0.25, -0.2) is 42.5 Å². The molecule has 0 aromatic carbocycles. The summed E-state index contributed by atoms with van der Waals surface area (Å²) in [5.74, 6) is -2.31. The number of nitrogens with one attached hydrogen (secondary N) is 2. The van der Waals surface area contributed by atoms with Crippen molar-refractivity contribution in [3.8, 4) is 0 Å². The molecule has 80 heavy (non-hydrogen) atoms. The highest BCUT2D eigenvalue weighted by Gasteiger charge is 2.54. The van der Waals surface area contributed by atoms with E-state index in [-0.39, 0.29) is 51.2 Å². The minimum atomic E-state index is -6.03. The number of hydrogen-bond donors (Lipinski definition) is 12. The van der Waals surface area contributed by atoms with E-state index in [0.29, 0.717) is 0 Å². The van der Waals surface area contributed by atoms with Crippen molar-refractivity contribution < 1.29 is 104 Å². The first-order chi connectivity index (χ1) is 37.5. The molecule has 3 saturated heterocycles. The van der Waals surface area contributed by atoms with Crippen LogP contribution >= 0.6 is 30.2 Å². The average molecular weight is 1230 g/mol. The molecule has 1 amide bonds. The van der Waals surface area contributed by atoms with E-state index >= 15 is 0 Å². The lowest BCUT2D eigenvalue weighted by Crippen LogP contribution is -2.45. The maximum Gasteiger partial charge on any atom is 0.488 e. The van der Waals surface area contributed by atoms with Crippen LogP contribution in [0.15, 0.2) is 34.9 Å². The van der Waals surface area contributed by atoms with Gasteiger partial charge < -0.3 is 80.5 Å². The van der Waals surface area contributed by atoms with Crippen LogP contribution in [0.3, 0.4) is 0 Å². The number of amides is 1. The first kappa shape index (κ1) is 59.4. The Morgan fingerprint density at radius 3 is 2.09 bits per heavy atom. The number of aliphatic hydroxyl groups excluding tert-OH is 3. The van der Waals surface area contributed by atoms with Gasteiger partial charge in [-0.1, -0.05) is 4.98 Å². The number of phosphoric ester groups is 2. The predicted octanol–water partition coefficient (Wildman–Crippen LogP) is -3.86. The molecule has 0 bridgehead atoms. The van der Waals surface area contributed by atoms with Gasteiger partial charge in [-0.2, -0.15) is 9.29 Å². The minimum absolute atomic E-state index is 0.0240. The Bertz CT molecular complexity index is 3660. The fourth-order valence-corrected chi connectivity index (χ4v) is 14.4. The third-order valence-electron chi connectivity index (χ3n) is 12.6. The van der Waals surface area contributed by atoms with E-state index in [9.17, 15) is 63.0 Å². The van der Waals surface area contributed by atoms with Crippen molar-refractivity contribution in [1.29, 1.82) is 0 Å². The summed E-state index contributed by atoms with van der Waals surface area (Å²) >= 11 is 4.93. The number of aliphatic hydroxyl groups is 3. The second kappa shape index (κ2) is 22.5. The molecule has 0 saturated carbocycles. The largest absolute Gasteiger partial charge is 0.488 e. The Labute approximate surface area is 451 Å². The van der Waals surface area contributed by atoms with E-state index < -0.39 is 147 Å². The number of phosphoric acid groups is 3. The quantitative estimate of drug-likeness (QED) is 0.0242. The predicted molar refractivity (Wildman–Crippen MR) is 266 cm³/mol. The molecular formula is C36H51N16O23P4S+. The number of anilines is 3. The molecule has 44 heteroatoms. The van der Waals surface area contributed by atoms with Crippen LogP contribution in [0.4, 0.5) is 17.7 Å². The zero-order chi connectivity index (χ0) is 58.1. The van der Waals surface area contributed by atoms with Crippen LogP contribution in [-0.2, 0) is 83.0 Å². The summed E-state index contributed by atoms with van der Waals surface area (Å²) in [5, 5.41) is 33.3. The van der Waals surface area contributed by atoms with Gasteiger partial charge in [0.05, 0.1) is 45.6 Å². The SMILES string of the molecule is CO[C@@H]1[C@H](OP(=O)(O)OC[C@H]2O[C@@H](n3cnc4c(=O)[nH]c(N)nc43)[C@H](O)[C@@H]2O)[C@@H](COP(=O)(O)OP(=O)(O)OP(O)(=S)OC[C@H]2OC([n+]3cn(C)c4c(=O)[nH]c(N)nc43)[C@H](O)[C@@H]2CC(=O)N(C)C)O[C@H]1n1cnc2c(N)ncnc21. The van der Waals surface area contributed by atoms with Gasteiger partial charge >= 0.3 is 35.8 Å². The van der Waals surface area contributed by atoms with E-state index in [1.165, 1.54) is 46.1 Å². The van der Waals surface area contributed by atoms with Gasteiger partial charge in [0.15, 0.2) is 41.4 Å². The summed E-state index contributed by atoms with van der Waals surface area (Å²) in [6.45, 7) is -8.09. The standard InChI is InChI=1S/C36H50N16O23P4S/c1-48(2)17(53)5-13-14(70-32(21(13)54)52-12-49(3)20-29(52)45-36(39)47-31(20)58)6-69-79(65,80)75-78(63,64)74-77(61,62)68-8-16-24(25(66-4)34(72-16)50-10-42-18-26(37)40-9-41-27(18)50)73-76(59,60)67-7-15-22(55)23(56)33(71-15)51-11-43-19-28(51)44-35(38)46-30(19)57/h9-16,21-25,32-34,54-56H,5-8H2,1-4H3,(H11-,37,38,39,40,41,44,45,46,47,57,58,59,60,61,62,63,64,65,80)/p+1/t13-,14-,15-,16-,21-,22-,23-,24-,25-,32?,33-,34-,79?/m1/s1. The molecule has 5 unspecified atom stereocenters. The van der Waals surface area contributed by atoms with E-state index in [1.807, 2.05) is 0 Å². The number of carbonyl (C=O) groups is 1. The number of rotatable bonds is 21. The second-order valence-corrected chi connectivity index (χ2v) is 25.6. The number of nitrogen functional groups attached to an aromatic ring is 3. The summed E-state index contributed by atoms with van der Waals surface area (Å²) in [4.78, 5) is 112. The minimum Gasteiger partial charge on any atom is -0.387 e. The van der Waals surface area contributed by atoms with Gasteiger partial charge in [-0.3, -0.25) is 51.6 Å². The number of fused-ring (bicyclic) bond motifs is 3. The highest BCUT2D eigenvalue weighted by atomic mass is 32.5. The van der Waals surface area contributed by atoms with Crippen LogP contribution in [0.2, 0.25) is 0 Å². The van der Waals surface area contributed by atoms with E-state index in [4.69, 9.17) is 66.1 Å². The van der Waals surface area contributed by atoms with Crippen molar-refractivity contribution in [2.24, 2.45) is 13.0 Å². The molecule has 3 aliphatic heterocycles. The Morgan fingerprint density at radius 1 is 0.762 bits per heavy atom. The van der Waals surface area contributed by atoms with Crippen molar-refractivity contribution in [2.75, 3.05) is 58.2 Å². The van der Waals surface area contributed by atoms with Crippen molar-refractivity contribution in [3.05, 3.63) is 46.0 Å². The summed E-state index contributed by atoms with van der Waals surface area (Å²) in [6, 6.07) is 0. The molecule has 15 N–H and O–H groups in total. The topological polar surface area (TPSA) is 545 Å². The van der Waals surface area contributed by atoms with Gasteiger partial charge in [-0.15, -0.1) is 0 Å². The molecule has 0 spiro atoms. The molecule has 3 aliphatic rings. The molecule has 0 aliphatic carbocycles. The Kier molecular flexibility index (Phi) is 16.7. The third kappa shape index (κ3) is 12.1. The number of ether oxygens (including phenoxy) is 4. The van der Waals surface area contributed by atoms with Gasteiger partial charge in [0.25, 0.3) is 17.1 Å². The molecule has 0 radical (unpaired) electrons. The number of carbonyl (C=O) groups excluding carboxylic acids is 1. The van der Waals surface area contributed by atoms with Crippen molar-refractivity contribution >= 4 is 99.1 Å². The van der Waals surface area contributed by atoms with Gasteiger partial charge in [0, 0.05) is 33.5 Å². The Morgan fingerprint density at radius 2 is 1.39 bits per heavy atom. The number of imidazole rings is 3. The van der Waals surface area contributed by atoms with Crippen LogP contribution in [0.25, 0.3) is 33.5 Å². The molecule has 6 aromatic heterocycles. The molecule has 438 valence electrons. The number of H-pyrrole nitrogens is 2. The number of aromatic amines is 2. The van der Waals surface area contributed by atoms with Crippen molar-refractivity contribution in [1.82, 2.24) is 58.5 Å². The maximum atomic E-state index is 13.8. The summed E-state index contributed by atoms with van der Waals surface area (Å²) < 4.78 is 98.9. The Hall–Kier alpha value is -5.22. The van der Waals surface area contributed by atoms with Crippen LogP contribution in [0.1, 0.15) is 25.1 Å². The maximum absolute atomic E-state index is 13.8. The van der Waals surface area contributed by atoms with Gasteiger partial charge in [-0.05, 0) is 11.8 Å². The number of methoxy groups -OCH3 is 1. The highest BCUT2D eigenvalue weighted by molar-refractivity contribution is 8.08. The van der Waals surface area contributed by atoms with Crippen LogP contribution in [0.5, 0.6) is 0 Å². The molecule has 9 heterocycles. The monoisotopic (exact) mass is 1230 g/mol. The first-order valence-electron chi connectivity index (χ1n) is 23.0. The lowest BCUT2D eigenvalue weighted by Gasteiger charge is -2.26. The van der Waals surface area contributed by atoms with Crippen LogP contribution in [-0.4, -0.2) is 189 Å². The molecule has 3 fully saturated rings. The molecule has 9 rings (SSSR count). The number of aromatic nitrogens is 12. The second-order valence-electron chi connectivity index (χ2n) is 18.1. The lowest BCUT2D eigenvalue weighted by molar-refractivity contribution is -0.745. The zero-order valence-electron chi connectivity index (χ0n) is 41.6. The van der Waals surface area contributed by atoms with Crippen molar-refractivity contribution in [2.45, 2.75) is 73.9 Å². The number of hydrogen-bond acceptors (Lipinski definition) is 29. The van der Waals surface area contributed by atoms with Crippen molar-refractivity contribution in [3.63, 3.8) is 0 Å². The summed E-state index contributed by atoms with van der Waals surface area (Å²) in [6.07, 6.45) is -13.3. The number of nitrogens with two attached hydrogens (primary N) is 3. The van der Waals surface area contributed by atoms with Crippen LogP contribution < -0.4 is 32.9 Å². The molecule has 16 atom stereocenters. The molecular weight excluding hydrogens is 1180 g/mol. The average Bonchev–Trinajstić information content (AvgIpc) is 4.23.